The molecule has 1 aromatic heterocycles. The number of fused-ring (bicyclic) bond motifs is 3. The highest BCUT2D eigenvalue weighted by molar-refractivity contribution is 5.95. The van der Waals surface area contributed by atoms with Crippen LogP contribution in [0.5, 0.6) is 0 Å². The van der Waals surface area contributed by atoms with Crippen LogP contribution in [0.15, 0.2) is 60.9 Å². The van der Waals surface area contributed by atoms with Gasteiger partial charge < -0.3 is 25.3 Å². The minimum atomic E-state index is -0.211. The number of H-pyrrole nitrogens is 1. The Morgan fingerprint density at radius 2 is 1.89 bits per heavy atom. The van der Waals surface area contributed by atoms with E-state index < -0.39 is 0 Å². The summed E-state index contributed by atoms with van der Waals surface area (Å²) < 4.78 is 5.53. The van der Waals surface area contributed by atoms with Gasteiger partial charge in [0.1, 0.15) is 5.82 Å². The van der Waals surface area contributed by atoms with Gasteiger partial charge in [-0.3, -0.25) is 9.59 Å². The van der Waals surface area contributed by atoms with E-state index in [9.17, 15) is 9.59 Å². The van der Waals surface area contributed by atoms with Crippen molar-refractivity contribution in [2.45, 2.75) is 50.2 Å². The highest BCUT2D eigenvalue weighted by Gasteiger charge is 2.48. The summed E-state index contributed by atoms with van der Waals surface area (Å²) in [6.07, 6.45) is 8.07. The molecule has 2 amide bonds. The second-order valence-electron chi connectivity index (χ2n) is 10.7. The van der Waals surface area contributed by atoms with E-state index in [1.54, 1.807) is 19.5 Å². The quantitative estimate of drug-likeness (QED) is 0.454. The number of ether oxygens (including phenoxy) is 1. The number of benzene rings is 2. The number of carbonyl (C=O) groups is 2. The number of rotatable bonds is 6. The second-order valence-corrected chi connectivity index (χ2v) is 10.7. The minimum absolute atomic E-state index is 0.0347. The predicted octanol–water partition coefficient (Wildman–Crippen LogP) is 4.40. The van der Waals surface area contributed by atoms with E-state index in [1.807, 2.05) is 30.3 Å². The van der Waals surface area contributed by atoms with Gasteiger partial charge >= 0.3 is 0 Å². The number of para-hydroxylation sites is 1. The molecule has 0 radical (unpaired) electrons. The van der Waals surface area contributed by atoms with Crippen molar-refractivity contribution < 1.29 is 14.3 Å². The summed E-state index contributed by atoms with van der Waals surface area (Å²) in [5.74, 6) is 0.900. The summed E-state index contributed by atoms with van der Waals surface area (Å²) in [7, 11) is 1.73. The third-order valence-electron chi connectivity index (χ3n) is 8.53. The van der Waals surface area contributed by atoms with Crippen LogP contribution >= 0.6 is 0 Å². The van der Waals surface area contributed by atoms with Crippen molar-refractivity contribution in [3.05, 3.63) is 72.1 Å². The fourth-order valence-electron chi connectivity index (χ4n) is 6.69. The first kappa shape index (κ1) is 24.7. The van der Waals surface area contributed by atoms with Crippen molar-refractivity contribution in [1.82, 2.24) is 20.2 Å². The molecule has 6 rings (SSSR count). The standard InChI is InChI=1S/C30H35N5O3/c1-38-18-26-22-14-17-35(27(22)21-6-2-4-8-24(21)33-26)30(37)23-7-3-5-9-25(23)34-29(36)20-12-10-19(11-13-20)28-31-15-16-32-28/h2,4,6,8,10-13,15-16,22-23,25-27,33H,3,5,7,9,14,17-18H2,1H3,(H,31,32)(H,34,36)/t22-,23+,25-,26-,27+/m1/s1. The zero-order chi connectivity index (χ0) is 26.1. The Labute approximate surface area is 223 Å². The van der Waals surface area contributed by atoms with Crippen molar-refractivity contribution in [3.8, 4) is 11.4 Å². The largest absolute Gasteiger partial charge is 0.383 e. The van der Waals surface area contributed by atoms with E-state index in [0.29, 0.717) is 18.1 Å². The zero-order valence-corrected chi connectivity index (χ0v) is 21.7. The lowest BCUT2D eigenvalue weighted by Crippen LogP contribution is -2.50. The topological polar surface area (TPSA) is 99.3 Å². The molecule has 198 valence electrons. The molecular weight excluding hydrogens is 478 g/mol. The molecule has 3 N–H and O–H groups in total. The normalized spacial score (nSPS) is 26.2. The number of likely N-dealkylation sites (tertiary alicyclic amines) is 1. The molecule has 8 nitrogen and oxygen atoms in total. The van der Waals surface area contributed by atoms with Crippen LogP contribution in [0.3, 0.4) is 0 Å². The van der Waals surface area contributed by atoms with E-state index in [-0.39, 0.29) is 35.9 Å². The lowest BCUT2D eigenvalue weighted by atomic mass is 9.81. The smallest absolute Gasteiger partial charge is 0.251 e. The maximum atomic E-state index is 14.1. The number of aromatic amines is 1. The Morgan fingerprint density at radius 3 is 2.68 bits per heavy atom. The van der Waals surface area contributed by atoms with Crippen molar-refractivity contribution in [3.63, 3.8) is 0 Å². The van der Waals surface area contributed by atoms with Gasteiger partial charge in [-0.2, -0.15) is 0 Å². The van der Waals surface area contributed by atoms with Gasteiger partial charge in [-0.25, -0.2) is 4.98 Å². The maximum Gasteiger partial charge on any atom is 0.251 e. The second kappa shape index (κ2) is 10.6. The lowest BCUT2D eigenvalue weighted by Gasteiger charge is -2.41. The Hall–Kier alpha value is -3.65. The Bertz CT molecular complexity index is 1280. The Kier molecular flexibility index (Phi) is 6.89. The van der Waals surface area contributed by atoms with E-state index in [1.165, 1.54) is 5.56 Å². The van der Waals surface area contributed by atoms with Crippen LogP contribution in [0.2, 0.25) is 0 Å². The summed E-state index contributed by atoms with van der Waals surface area (Å²) in [6.45, 7) is 1.34. The average Bonchev–Trinajstić information content (AvgIpc) is 3.65. The van der Waals surface area contributed by atoms with Gasteiger partial charge in [0, 0.05) is 54.8 Å². The molecule has 0 bridgehead atoms. The SMILES string of the molecule is COC[C@H]1Nc2ccccc2[C@H]2[C@@H]1CCN2C(=O)[C@H]1CCCC[C@H]1NC(=O)c1ccc(-c2ncc[nH]2)cc1. The third kappa shape index (κ3) is 4.58. The van der Waals surface area contributed by atoms with E-state index in [0.717, 1.165) is 55.7 Å². The first-order valence-electron chi connectivity index (χ1n) is 13.7. The van der Waals surface area contributed by atoms with Crippen LogP contribution in [0.1, 0.15) is 54.1 Å². The van der Waals surface area contributed by atoms with Crippen LogP contribution < -0.4 is 10.6 Å². The van der Waals surface area contributed by atoms with Crippen LogP contribution in [0, 0.1) is 11.8 Å². The summed E-state index contributed by atoms with van der Waals surface area (Å²) in [6, 6.07) is 15.8. The van der Waals surface area contributed by atoms with Gasteiger partial charge in [0.25, 0.3) is 5.91 Å². The van der Waals surface area contributed by atoms with E-state index in [2.05, 4.69) is 43.7 Å². The van der Waals surface area contributed by atoms with Crippen LogP contribution in [0.25, 0.3) is 11.4 Å². The van der Waals surface area contributed by atoms with Crippen molar-refractivity contribution in [2.24, 2.45) is 11.8 Å². The number of anilines is 1. The van der Waals surface area contributed by atoms with Gasteiger partial charge in [0.2, 0.25) is 5.91 Å². The molecule has 0 unspecified atom stereocenters. The molecule has 3 aromatic rings. The number of hydrogen-bond acceptors (Lipinski definition) is 5. The number of methoxy groups -OCH3 is 1. The molecule has 0 spiro atoms. The summed E-state index contributed by atoms with van der Waals surface area (Å²) in [5, 5.41) is 6.87. The Morgan fingerprint density at radius 1 is 1.08 bits per heavy atom. The minimum Gasteiger partial charge on any atom is -0.383 e. The van der Waals surface area contributed by atoms with Gasteiger partial charge in [-0.1, -0.05) is 43.2 Å². The van der Waals surface area contributed by atoms with Crippen molar-refractivity contribution in [2.75, 3.05) is 25.6 Å². The molecule has 1 aliphatic carbocycles. The molecule has 1 saturated carbocycles. The van der Waals surface area contributed by atoms with E-state index >= 15 is 0 Å². The number of carbonyl (C=O) groups excluding carboxylic acids is 2. The number of nitrogens with zero attached hydrogens (tertiary/aromatic N) is 2. The number of imidazole rings is 1. The van der Waals surface area contributed by atoms with Gasteiger partial charge in [-0.15, -0.1) is 0 Å². The fraction of sp³-hybridized carbons (Fsp3) is 0.433. The van der Waals surface area contributed by atoms with Crippen LogP contribution in [-0.2, 0) is 9.53 Å². The number of nitrogens with one attached hydrogen (secondary N) is 3. The van der Waals surface area contributed by atoms with Gasteiger partial charge in [0.05, 0.1) is 24.6 Å². The van der Waals surface area contributed by atoms with Crippen molar-refractivity contribution in [1.29, 1.82) is 0 Å². The molecule has 3 heterocycles. The zero-order valence-electron chi connectivity index (χ0n) is 21.7. The van der Waals surface area contributed by atoms with Gasteiger partial charge in [0.15, 0.2) is 0 Å². The molecule has 1 saturated heterocycles. The highest BCUT2D eigenvalue weighted by atomic mass is 16.5. The molecule has 8 heteroatoms. The maximum absolute atomic E-state index is 14.1. The molecule has 5 atom stereocenters. The molecular formula is C30H35N5O3. The third-order valence-corrected chi connectivity index (χ3v) is 8.53. The first-order valence-corrected chi connectivity index (χ1v) is 13.7. The lowest BCUT2D eigenvalue weighted by molar-refractivity contribution is -0.139. The summed E-state index contributed by atoms with van der Waals surface area (Å²) >= 11 is 0. The molecule has 2 aromatic carbocycles. The number of aromatic nitrogens is 2. The predicted molar refractivity (Wildman–Crippen MR) is 146 cm³/mol. The molecule has 2 fully saturated rings. The average molecular weight is 514 g/mol. The molecule has 3 aliphatic rings. The summed E-state index contributed by atoms with van der Waals surface area (Å²) in [5.41, 5.74) is 3.79. The fourth-order valence-corrected chi connectivity index (χ4v) is 6.69. The van der Waals surface area contributed by atoms with E-state index in [4.69, 9.17) is 4.74 Å². The monoisotopic (exact) mass is 513 g/mol. The number of hydrogen-bond donors (Lipinski definition) is 3. The summed E-state index contributed by atoms with van der Waals surface area (Å²) in [4.78, 5) is 36.8. The van der Waals surface area contributed by atoms with Crippen LogP contribution in [0.4, 0.5) is 5.69 Å². The number of amides is 2. The van der Waals surface area contributed by atoms with Crippen molar-refractivity contribution >= 4 is 17.5 Å². The molecule has 38 heavy (non-hydrogen) atoms. The molecule has 2 aliphatic heterocycles. The first-order chi connectivity index (χ1) is 18.6. The highest BCUT2D eigenvalue weighted by Crippen LogP contribution is 2.47. The Balaban J connectivity index is 1.20. The van der Waals surface area contributed by atoms with Crippen LogP contribution in [-0.4, -0.2) is 59.0 Å². The van der Waals surface area contributed by atoms with Gasteiger partial charge in [-0.05, 0) is 43.0 Å².